The van der Waals surface area contributed by atoms with Gasteiger partial charge >= 0.3 is 0 Å². The first-order chi connectivity index (χ1) is 15.2. The van der Waals surface area contributed by atoms with Crippen molar-refractivity contribution in [2.75, 3.05) is 45.3 Å². The van der Waals surface area contributed by atoms with E-state index in [9.17, 15) is 4.79 Å². The molecule has 31 heavy (non-hydrogen) atoms. The van der Waals surface area contributed by atoms with Gasteiger partial charge in [-0.2, -0.15) is 0 Å². The van der Waals surface area contributed by atoms with Crippen LogP contribution in [0.2, 0.25) is 0 Å². The average Bonchev–Trinajstić information content (AvgIpc) is 3.24. The highest BCUT2D eigenvalue weighted by atomic mass is 16.5. The highest BCUT2D eigenvalue weighted by molar-refractivity contribution is 5.98. The van der Waals surface area contributed by atoms with Crippen molar-refractivity contribution in [3.8, 4) is 11.5 Å². The summed E-state index contributed by atoms with van der Waals surface area (Å²) in [6.45, 7) is 2.68. The number of anilines is 1. The molecule has 0 atom stereocenters. The molecule has 1 saturated heterocycles. The summed E-state index contributed by atoms with van der Waals surface area (Å²) in [5.41, 5.74) is 2.27. The number of rotatable bonds is 4. The number of furan rings is 1. The number of hydrogen-bond acceptors (Lipinski definition) is 6. The van der Waals surface area contributed by atoms with E-state index in [0.717, 1.165) is 46.6 Å². The van der Waals surface area contributed by atoms with Crippen LogP contribution in [0.1, 0.15) is 10.6 Å². The highest BCUT2D eigenvalue weighted by Crippen LogP contribution is 2.29. The van der Waals surface area contributed by atoms with Crippen molar-refractivity contribution in [2.24, 2.45) is 0 Å². The number of pyridine rings is 1. The minimum Gasteiger partial charge on any atom is -0.497 e. The molecule has 0 N–H and O–H groups in total. The van der Waals surface area contributed by atoms with Crippen LogP contribution in [0.25, 0.3) is 22.0 Å². The fourth-order valence-electron chi connectivity index (χ4n) is 4.04. The first kappa shape index (κ1) is 19.2. The van der Waals surface area contributed by atoms with Gasteiger partial charge in [-0.1, -0.05) is 12.1 Å². The number of fused-ring (bicyclic) bond motifs is 2. The number of hydrogen-bond donors (Lipinski definition) is 0. The van der Waals surface area contributed by atoms with E-state index in [0.29, 0.717) is 24.6 Å². The summed E-state index contributed by atoms with van der Waals surface area (Å²) >= 11 is 0. The van der Waals surface area contributed by atoms with Crippen LogP contribution < -0.4 is 14.4 Å². The van der Waals surface area contributed by atoms with Gasteiger partial charge in [0.05, 0.1) is 25.4 Å². The maximum atomic E-state index is 13.1. The predicted octanol–water partition coefficient (Wildman–Crippen LogP) is 3.96. The molecule has 1 fully saturated rings. The van der Waals surface area contributed by atoms with E-state index in [1.807, 2.05) is 53.4 Å². The third kappa shape index (κ3) is 3.52. The summed E-state index contributed by atoms with van der Waals surface area (Å²) in [6.07, 6.45) is 0. The van der Waals surface area contributed by atoms with Crippen LogP contribution in [0.15, 0.2) is 59.0 Å². The Morgan fingerprint density at radius 1 is 0.935 bits per heavy atom. The molecular formula is C24H23N3O4. The summed E-state index contributed by atoms with van der Waals surface area (Å²) in [5.74, 6) is 1.78. The second-order valence-electron chi connectivity index (χ2n) is 7.50. The number of nitrogens with zero attached hydrogens (tertiary/aromatic N) is 3. The molecule has 0 bridgehead atoms. The van der Waals surface area contributed by atoms with E-state index in [4.69, 9.17) is 13.9 Å². The zero-order valence-corrected chi connectivity index (χ0v) is 17.5. The molecule has 1 amide bonds. The molecule has 0 radical (unpaired) electrons. The van der Waals surface area contributed by atoms with Crippen LogP contribution in [0.4, 0.5) is 5.69 Å². The number of carbonyl (C=O) groups excluding carboxylic acids is 1. The number of benzene rings is 2. The SMILES string of the molecule is COc1ccc2cc3cc(C(=O)N4CCN(c5ccccc5OC)CC4)oc3nc2c1. The van der Waals surface area contributed by atoms with Gasteiger partial charge in [0.2, 0.25) is 5.71 Å². The Labute approximate surface area is 179 Å². The van der Waals surface area contributed by atoms with E-state index in [1.54, 1.807) is 20.3 Å². The van der Waals surface area contributed by atoms with Crippen molar-refractivity contribution in [1.82, 2.24) is 9.88 Å². The van der Waals surface area contributed by atoms with Crippen molar-refractivity contribution in [3.63, 3.8) is 0 Å². The molecule has 2 aromatic carbocycles. The Balaban J connectivity index is 1.35. The van der Waals surface area contributed by atoms with Gasteiger partial charge in [-0.15, -0.1) is 0 Å². The lowest BCUT2D eigenvalue weighted by Gasteiger charge is -2.36. The quantitative estimate of drug-likeness (QED) is 0.501. The van der Waals surface area contributed by atoms with Crippen molar-refractivity contribution in [1.29, 1.82) is 0 Å². The minimum absolute atomic E-state index is 0.112. The summed E-state index contributed by atoms with van der Waals surface area (Å²) < 4.78 is 16.6. The van der Waals surface area contributed by atoms with Crippen molar-refractivity contribution in [3.05, 3.63) is 60.4 Å². The molecule has 0 spiro atoms. The van der Waals surface area contributed by atoms with Crippen molar-refractivity contribution >= 4 is 33.6 Å². The summed E-state index contributed by atoms with van der Waals surface area (Å²) in [4.78, 5) is 21.7. The maximum Gasteiger partial charge on any atom is 0.289 e. The molecule has 0 saturated carbocycles. The fourth-order valence-corrected chi connectivity index (χ4v) is 4.04. The molecule has 4 aromatic rings. The van der Waals surface area contributed by atoms with Gasteiger partial charge in [-0.3, -0.25) is 4.79 Å². The average molecular weight is 417 g/mol. The topological polar surface area (TPSA) is 68.0 Å². The summed E-state index contributed by atoms with van der Waals surface area (Å²) in [6, 6.07) is 17.4. The Bertz CT molecular complexity index is 1260. The summed E-state index contributed by atoms with van der Waals surface area (Å²) in [7, 11) is 3.30. The predicted molar refractivity (Wildman–Crippen MR) is 119 cm³/mol. The van der Waals surface area contributed by atoms with Gasteiger partial charge in [0.15, 0.2) is 5.76 Å². The number of para-hydroxylation sites is 2. The number of aromatic nitrogens is 1. The van der Waals surface area contributed by atoms with Crippen LogP contribution in [0.5, 0.6) is 11.5 Å². The number of ether oxygens (including phenoxy) is 2. The lowest BCUT2D eigenvalue weighted by Crippen LogP contribution is -2.48. The fraction of sp³-hybridized carbons (Fsp3) is 0.250. The minimum atomic E-state index is -0.112. The monoisotopic (exact) mass is 417 g/mol. The normalized spacial score (nSPS) is 14.3. The molecule has 0 aliphatic carbocycles. The Morgan fingerprint density at radius 3 is 2.52 bits per heavy atom. The molecule has 7 nitrogen and oxygen atoms in total. The molecule has 7 heteroatoms. The molecular weight excluding hydrogens is 394 g/mol. The lowest BCUT2D eigenvalue weighted by molar-refractivity contribution is 0.0716. The van der Waals surface area contributed by atoms with Gasteiger partial charge in [0, 0.05) is 43.0 Å². The lowest BCUT2D eigenvalue weighted by atomic mass is 10.2. The first-order valence-electron chi connectivity index (χ1n) is 10.2. The van der Waals surface area contributed by atoms with Crippen molar-refractivity contribution in [2.45, 2.75) is 0 Å². The Morgan fingerprint density at radius 2 is 1.74 bits per heavy atom. The molecule has 0 unspecified atom stereocenters. The number of methoxy groups -OCH3 is 2. The van der Waals surface area contributed by atoms with Crippen LogP contribution in [-0.2, 0) is 0 Å². The number of carbonyl (C=O) groups is 1. The van der Waals surface area contributed by atoms with Gasteiger partial charge in [0.1, 0.15) is 11.5 Å². The second-order valence-corrected chi connectivity index (χ2v) is 7.50. The first-order valence-corrected chi connectivity index (χ1v) is 10.2. The van der Waals surface area contributed by atoms with E-state index in [-0.39, 0.29) is 5.91 Å². The molecule has 1 aliphatic rings. The van der Waals surface area contributed by atoms with E-state index < -0.39 is 0 Å². The second kappa shape index (κ2) is 7.83. The largest absolute Gasteiger partial charge is 0.497 e. The third-order valence-electron chi connectivity index (χ3n) is 5.71. The molecule has 5 rings (SSSR count). The number of piperazine rings is 1. The van der Waals surface area contributed by atoms with E-state index in [2.05, 4.69) is 9.88 Å². The van der Waals surface area contributed by atoms with Gasteiger partial charge < -0.3 is 23.7 Å². The Kier molecular flexibility index (Phi) is 4.86. The zero-order valence-electron chi connectivity index (χ0n) is 17.5. The van der Waals surface area contributed by atoms with Crippen LogP contribution in [0, 0.1) is 0 Å². The molecule has 1 aliphatic heterocycles. The molecule has 2 aromatic heterocycles. The molecule has 3 heterocycles. The standard InChI is InChI=1S/C24H23N3O4/c1-29-18-8-7-16-13-17-14-22(31-23(17)25-19(16)15-18)24(28)27-11-9-26(10-12-27)20-5-3-4-6-21(20)30-2/h3-8,13-15H,9-12H2,1-2H3. The van der Waals surface area contributed by atoms with Gasteiger partial charge in [-0.05, 0) is 36.4 Å². The zero-order chi connectivity index (χ0) is 21.4. The van der Waals surface area contributed by atoms with Gasteiger partial charge in [-0.25, -0.2) is 4.98 Å². The van der Waals surface area contributed by atoms with Crippen LogP contribution in [0.3, 0.4) is 0 Å². The number of amides is 1. The van der Waals surface area contributed by atoms with E-state index in [1.165, 1.54) is 0 Å². The summed E-state index contributed by atoms with van der Waals surface area (Å²) in [5, 5.41) is 1.78. The highest BCUT2D eigenvalue weighted by Gasteiger charge is 2.26. The Hall–Kier alpha value is -3.74. The van der Waals surface area contributed by atoms with E-state index >= 15 is 0 Å². The van der Waals surface area contributed by atoms with Crippen LogP contribution in [-0.4, -0.2) is 56.2 Å². The van der Waals surface area contributed by atoms with Crippen LogP contribution >= 0.6 is 0 Å². The smallest absolute Gasteiger partial charge is 0.289 e. The van der Waals surface area contributed by atoms with Crippen molar-refractivity contribution < 1.29 is 18.7 Å². The van der Waals surface area contributed by atoms with Gasteiger partial charge in [0.25, 0.3) is 5.91 Å². The molecule has 158 valence electrons. The third-order valence-corrected chi connectivity index (χ3v) is 5.71. The maximum absolute atomic E-state index is 13.1.